The van der Waals surface area contributed by atoms with Gasteiger partial charge in [-0.3, -0.25) is 0 Å². The second-order valence-corrected chi connectivity index (χ2v) is 10.8. The summed E-state index contributed by atoms with van der Waals surface area (Å²) in [5.41, 5.74) is 15.7. The Bertz CT molecular complexity index is 1780. The summed E-state index contributed by atoms with van der Waals surface area (Å²) in [6.45, 7) is 0. The molecule has 0 atom stereocenters. The zero-order valence-corrected chi connectivity index (χ0v) is 25.2. The van der Waals surface area contributed by atoms with Gasteiger partial charge in [0.15, 0.2) is 0 Å². The van der Waals surface area contributed by atoms with Crippen LogP contribution in [0.5, 0.6) is 0 Å². The number of hydrogen-bond donors (Lipinski definition) is 2. The summed E-state index contributed by atoms with van der Waals surface area (Å²) in [5, 5.41) is 17.6. The van der Waals surface area contributed by atoms with Crippen molar-refractivity contribution < 1.29 is 8.78 Å². The molecule has 4 N–H and O–H groups in total. The lowest BCUT2D eigenvalue weighted by molar-refractivity contribution is 0.627. The third-order valence-corrected chi connectivity index (χ3v) is 6.79. The molecular weight excluding hydrogens is 652 g/mol. The maximum Gasteiger partial charge on any atom is 0.240 e. The van der Waals surface area contributed by atoms with Gasteiger partial charge in [-0.05, 0) is 84.9 Å². The molecule has 0 bridgehead atoms. The minimum absolute atomic E-state index is 0.0243. The zero-order chi connectivity index (χ0) is 31.4. The number of nitrogens with zero attached hydrogens (tertiary/aromatic N) is 6. The van der Waals surface area contributed by atoms with Crippen LogP contribution in [0, 0.1) is 11.6 Å². The van der Waals surface area contributed by atoms with Crippen molar-refractivity contribution in [3.63, 3.8) is 0 Å². The molecule has 0 radical (unpaired) electrons. The second kappa shape index (κ2) is 13.4. The summed E-state index contributed by atoms with van der Waals surface area (Å²) in [6.07, 6.45) is 0. The van der Waals surface area contributed by atoms with Crippen LogP contribution in [0.4, 0.5) is 20.7 Å². The fourth-order valence-corrected chi connectivity index (χ4v) is 5.12. The Balaban J connectivity index is 0.000000175. The lowest BCUT2D eigenvalue weighted by Gasteiger charge is -2.09. The normalized spacial score (nSPS) is 10.7. The minimum atomic E-state index is -0.342. The third kappa shape index (κ3) is 7.53. The summed E-state index contributed by atoms with van der Waals surface area (Å²) in [6, 6.07) is 21.7. The topological polar surface area (TPSA) is 129 Å². The van der Waals surface area contributed by atoms with Crippen LogP contribution in [0.2, 0.25) is 20.1 Å². The van der Waals surface area contributed by atoms with Crippen LogP contribution in [-0.2, 0) is 0 Å². The highest BCUT2D eigenvalue weighted by Gasteiger charge is 2.15. The molecule has 4 aromatic carbocycles. The molecule has 14 heteroatoms. The van der Waals surface area contributed by atoms with Crippen LogP contribution in [0.15, 0.2) is 84.9 Å². The van der Waals surface area contributed by atoms with Gasteiger partial charge in [0.2, 0.25) is 11.9 Å². The highest BCUT2D eigenvalue weighted by molar-refractivity contribution is 6.35. The lowest BCUT2D eigenvalue weighted by Crippen LogP contribution is -2.02. The van der Waals surface area contributed by atoms with Crippen molar-refractivity contribution in [3.8, 4) is 45.0 Å². The molecule has 0 aliphatic carbocycles. The smallest absolute Gasteiger partial charge is 0.240 e. The molecule has 0 amide bonds. The molecule has 2 aromatic heterocycles. The third-order valence-electron chi connectivity index (χ3n) is 5.91. The van der Waals surface area contributed by atoms with E-state index in [0.29, 0.717) is 65.1 Å². The standard InChI is InChI=1S/2C15H9Cl2FN4/c2*16-10-5-9(6-11(17)7-10)14-13(20-15(19)22-21-14)8-1-3-12(18)4-2-8/h2*1-7H,(H2,19,20,22). The summed E-state index contributed by atoms with van der Waals surface area (Å²) < 4.78 is 26.2. The number of nitrogens with two attached hydrogens (primary N) is 2. The van der Waals surface area contributed by atoms with Gasteiger partial charge in [-0.25, -0.2) is 18.7 Å². The number of aromatic nitrogens is 6. The van der Waals surface area contributed by atoms with E-state index in [0.717, 1.165) is 0 Å². The van der Waals surface area contributed by atoms with Crippen molar-refractivity contribution in [2.24, 2.45) is 0 Å². The SMILES string of the molecule is Nc1nnc(-c2cc(Cl)cc(Cl)c2)c(-c2ccc(F)cc2)n1.Nc1nnc(-c2cc(Cl)cc(Cl)c2)c(-c2ccc(F)cc2)n1. The van der Waals surface area contributed by atoms with Crippen LogP contribution in [0.3, 0.4) is 0 Å². The highest BCUT2D eigenvalue weighted by atomic mass is 35.5. The van der Waals surface area contributed by atoms with E-state index in [1.807, 2.05) is 0 Å². The van der Waals surface area contributed by atoms with Gasteiger partial charge in [0.1, 0.15) is 34.4 Å². The van der Waals surface area contributed by atoms with Crippen LogP contribution >= 0.6 is 46.4 Å². The van der Waals surface area contributed by atoms with Gasteiger partial charge in [0.25, 0.3) is 0 Å². The van der Waals surface area contributed by atoms with Crippen LogP contribution in [0.1, 0.15) is 0 Å². The number of nitrogen functional groups attached to an aromatic ring is 2. The van der Waals surface area contributed by atoms with E-state index in [1.165, 1.54) is 24.3 Å². The Morgan fingerprint density at radius 3 is 1.05 bits per heavy atom. The van der Waals surface area contributed by atoms with Gasteiger partial charge in [0, 0.05) is 42.3 Å². The quantitative estimate of drug-likeness (QED) is 0.191. The fraction of sp³-hybridized carbons (Fsp3) is 0. The fourth-order valence-electron chi connectivity index (χ4n) is 4.06. The molecule has 0 saturated heterocycles. The Hall–Kier alpha value is -4.48. The van der Waals surface area contributed by atoms with Crippen molar-refractivity contribution in [1.82, 2.24) is 30.4 Å². The number of halogens is 6. The monoisotopic (exact) mass is 668 g/mol. The lowest BCUT2D eigenvalue weighted by atomic mass is 10.0. The van der Waals surface area contributed by atoms with Gasteiger partial charge in [-0.2, -0.15) is 0 Å². The summed E-state index contributed by atoms with van der Waals surface area (Å²) >= 11 is 24.1. The Labute approximate surface area is 269 Å². The Kier molecular flexibility index (Phi) is 9.46. The highest BCUT2D eigenvalue weighted by Crippen LogP contribution is 2.33. The summed E-state index contributed by atoms with van der Waals surface area (Å²) in [7, 11) is 0. The zero-order valence-electron chi connectivity index (χ0n) is 22.2. The van der Waals surface area contributed by atoms with Crippen molar-refractivity contribution in [3.05, 3.63) is 117 Å². The molecule has 220 valence electrons. The van der Waals surface area contributed by atoms with E-state index in [9.17, 15) is 8.78 Å². The first-order valence-electron chi connectivity index (χ1n) is 12.5. The van der Waals surface area contributed by atoms with Gasteiger partial charge in [-0.15, -0.1) is 20.4 Å². The van der Waals surface area contributed by atoms with Crippen LogP contribution < -0.4 is 11.5 Å². The number of rotatable bonds is 4. The summed E-state index contributed by atoms with van der Waals surface area (Å²) in [5.74, 6) is -0.635. The molecule has 2 heterocycles. The second-order valence-electron chi connectivity index (χ2n) is 9.06. The number of benzene rings is 4. The van der Waals surface area contributed by atoms with Gasteiger partial charge in [-0.1, -0.05) is 46.4 Å². The molecule has 8 nitrogen and oxygen atoms in total. The van der Waals surface area contributed by atoms with E-state index in [1.54, 1.807) is 60.7 Å². The first kappa shape index (κ1) is 31.0. The molecule has 6 rings (SSSR count). The molecule has 44 heavy (non-hydrogen) atoms. The van der Waals surface area contributed by atoms with Gasteiger partial charge >= 0.3 is 0 Å². The molecular formula is C30H18Cl4F2N8. The van der Waals surface area contributed by atoms with Gasteiger partial charge in [0.05, 0.1) is 0 Å². The molecule has 0 spiro atoms. The van der Waals surface area contributed by atoms with E-state index in [-0.39, 0.29) is 23.5 Å². The van der Waals surface area contributed by atoms with Crippen molar-refractivity contribution in [1.29, 1.82) is 0 Å². The van der Waals surface area contributed by atoms with Crippen molar-refractivity contribution in [2.45, 2.75) is 0 Å². The predicted octanol–water partition coefficient (Wildman–Crippen LogP) is 8.47. The van der Waals surface area contributed by atoms with E-state index in [2.05, 4.69) is 30.4 Å². The molecule has 0 fully saturated rings. The molecule has 0 aliphatic heterocycles. The van der Waals surface area contributed by atoms with E-state index >= 15 is 0 Å². The largest absolute Gasteiger partial charge is 0.366 e. The van der Waals surface area contributed by atoms with Crippen molar-refractivity contribution >= 4 is 58.3 Å². The summed E-state index contributed by atoms with van der Waals surface area (Å²) in [4.78, 5) is 8.41. The predicted molar refractivity (Wildman–Crippen MR) is 170 cm³/mol. The molecule has 0 saturated carbocycles. The minimum Gasteiger partial charge on any atom is -0.366 e. The van der Waals surface area contributed by atoms with E-state index < -0.39 is 0 Å². The molecule has 0 unspecified atom stereocenters. The Morgan fingerprint density at radius 2 is 0.727 bits per heavy atom. The van der Waals surface area contributed by atoms with E-state index in [4.69, 9.17) is 57.9 Å². The number of hydrogen-bond acceptors (Lipinski definition) is 8. The average molecular weight is 670 g/mol. The van der Waals surface area contributed by atoms with Gasteiger partial charge < -0.3 is 11.5 Å². The molecule has 6 aromatic rings. The van der Waals surface area contributed by atoms with Crippen LogP contribution in [-0.4, -0.2) is 30.4 Å². The average Bonchev–Trinajstić information content (AvgIpc) is 2.97. The maximum absolute atomic E-state index is 13.1. The van der Waals surface area contributed by atoms with Crippen LogP contribution in [0.25, 0.3) is 45.0 Å². The Morgan fingerprint density at radius 1 is 0.409 bits per heavy atom. The van der Waals surface area contributed by atoms with Crippen molar-refractivity contribution in [2.75, 3.05) is 11.5 Å². The number of anilines is 2. The first-order valence-corrected chi connectivity index (χ1v) is 14.0. The molecule has 0 aliphatic rings. The maximum atomic E-state index is 13.1. The first-order chi connectivity index (χ1) is 21.0.